The molecule has 0 fully saturated rings. The quantitative estimate of drug-likeness (QED) is 0.504. The lowest BCUT2D eigenvalue weighted by atomic mass is 9.99. The van der Waals surface area contributed by atoms with Crippen molar-refractivity contribution in [2.75, 3.05) is 5.32 Å². The molecule has 0 saturated carbocycles. The Labute approximate surface area is 131 Å². The van der Waals surface area contributed by atoms with Crippen LogP contribution in [0.5, 0.6) is 5.75 Å². The molecule has 1 aliphatic rings. The molecule has 0 spiro atoms. The number of nitro benzene ring substituents is 1. The van der Waals surface area contributed by atoms with Gasteiger partial charge in [0, 0.05) is 17.2 Å². The van der Waals surface area contributed by atoms with Crippen LogP contribution < -0.4 is 5.32 Å². The number of hydrogen-bond donors (Lipinski definition) is 2. The van der Waals surface area contributed by atoms with Crippen LogP contribution in [0.25, 0.3) is 11.6 Å². The Morgan fingerprint density at radius 1 is 1.30 bits per heavy atom. The van der Waals surface area contributed by atoms with Gasteiger partial charge in [0.05, 0.1) is 21.8 Å². The van der Waals surface area contributed by atoms with Gasteiger partial charge in [-0.15, -0.1) is 0 Å². The third-order valence-electron chi connectivity index (χ3n) is 3.77. The van der Waals surface area contributed by atoms with E-state index in [0.717, 1.165) is 0 Å². The molecule has 0 aliphatic carbocycles. The summed E-state index contributed by atoms with van der Waals surface area (Å²) < 4.78 is 0. The fourth-order valence-electron chi connectivity index (χ4n) is 2.62. The largest absolute Gasteiger partial charge is 0.506 e. The van der Waals surface area contributed by atoms with Gasteiger partial charge < -0.3 is 10.4 Å². The number of amides is 1. The first-order chi connectivity index (χ1) is 10.9. The summed E-state index contributed by atoms with van der Waals surface area (Å²) in [7, 11) is 0. The molecule has 0 unspecified atom stereocenters. The molecule has 1 aromatic carbocycles. The van der Waals surface area contributed by atoms with E-state index in [1.165, 1.54) is 12.1 Å². The molecule has 0 saturated heterocycles. The van der Waals surface area contributed by atoms with Gasteiger partial charge in [0.25, 0.3) is 11.6 Å². The maximum Gasteiger partial charge on any atom is 0.276 e. The smallest absolute Gasteiger partial charge is 0.276 e. The summed E-state index contributed by atoms with van der Waals surface area (Å²) in [5.41, 5.74) is 1.85. The van der Waals surface area contributed by atoms with Crippen LogP contribution in [0, 0.1) is 24.0 Å². The Morgan fingerprint density at radius 3 is 2.70 bits per heavy atom. The fourth-order valence-corrected chi connectivity index (χ4v) is 2.62. The van der Waals surface area contributed by atoms with Gasteiger partial charge in [-0.3, -0.25) is 14.9 Å². The van der Waals surface area contributed by atoms with Crippen molar-refractivity contribution in [3.63, 3.8) is 0 Å². The molecule has 1 aromatic heterocycles. The highest BCUT2D eigenvalue weighted by Crippen LogP contribution is 2.39. The number of aromatic hydroxyl groups is 1. The number of pyridine rings is 1. The predicted molar refractivity (Wildman–Crippen MR) is 85.0 cm³/mol. The predicted octanol–water partition coefficient (Wildman–Crippen LogP) is 2.80. The van der Waals surface area contributed by atoms with E-state index in [1.807, 2.05) is 0 Å². The second kappa shape index (κ2) is 5.20. The Bertz CT molecular complexity index is 887. The zero-order chi connectivity index (χ0) is 16.7. The lowest BCUT2D eigenvalue weighted by molar-refractivity contribution is -0.385. The number of nitro groups is 1. The highest BCUT2D eigenvalue weighted by Gasteiger charge is 2.30. The molecule has 7 nitrogen and oxygen atoms in total. The average Bonchev–Trinajstić information content (AvgIpc) is 2.81. The summed E-state index contributed by atoms with van der Waals surface area (Å²) in [6.07, 6.45) is 1.45. The van der Waals surface area contributed by atoms with Gasteiger partial charge in [-0.05, 0) is 26.0 Å². The first-order valence-electron chi connectivity index (χ1n) is 6.87. The highest BCUT2D eigenvalue weighted by atomic mass is 16.6. The van der Waals surface area contributed by atoms with E-state index >= 15 is 0 Å². The number of fused-ring (bicyclic) bond motifs is 1. The zero-order valence-corrected chi connectivity index (χ0v) is 12.5. The van der Waals surface area contributed by atoms with Gasteiger partial charge in [0.1, 0.15) is 11.6 Å². The Hall–Kier alpha value is -3.22. The Balaban J connectivity index is 2.23. The number of benzene rings is 1. The van der Waals surface area contributed by atoms with E-state index in [0.29, 0.717) is 28.2 Å². The van der Waals surface area contributed by atoms with Crippen molar-refractivity contribution >= 4 is 29.1 Å². The summed E-state index contributed by atoms with van der Waals surface area (Å²) in [6.45, 7) is 3.31. The average molecular weight is 311 g/mol. The number of hydrogen-bond acceptors (Lipinski definition) is 5. The van der Waals surface area contributed by atoms with Crippen LogP contribution in [0.4, 0.5) is 11.5 Å². The summed E-state index contributed by atoms with van der Waals surface area (Å²) in [5, 5.41) is 23.8. The normalized spacial score (nSPS) is 14.7. The summed E-state index contributed by atoms with van der Waals surface area (Å²) in [6, 6.07) is 6.15. The van der Waals surface area contributed by atoms with E-state index in [2.05, 4.69) is 10.3 Å². The molecular weight excluding hydrogens is 298 g/mol. The molecule has 0 atom stereocenters. The maximum absolute atomic E-state index is 12.2. The van der Waals surface area contributed by atoms with Crippen molar-refractivity contribution in [1.29, 1.82) is 0 Å². The highest BCUT2D eigenvalue weighted by molar-refractivity contribution is 6.35. The number of anilines is 1. The van der Waals surface area contributed by atoms with E-state index in [4.69, 9.17) is 0 Å². The molecule has 2 aromatic rings. The van der Waals surface area contributed by atoms with Gasteiger partial charge in [0.15, 0.2) is 0 Å². The van der Waals surface area contributed by atoms with E-state index in [1.54, 1.807) is 32.0 Å². The number of aryl methyl sites for hydroxylation is 1. The number of nitrogens with one attached hydrogen (secondary N) is 1. The standard InChI is InChI=1S/C16H13N3O4/c1-8-13-11(7-10-5-3-4-6-12(10)19(22)23)16(21)18-15(13)17-9(2)14(8)20/h3-7,20H,1-2H3,(H,17,18,21)/b11-7-. The summed E-state index contributed by atoms with van der Waals surface area (Å²) in [4.78, 5) is 27.0. The van der Waals surface area contributed by atoms with Crippen molar-refractivity contribution in [2.24, 2.45) is 0 Å². The Morgan fingerprint density at radius 2 is 2.00 bits per heavy atom. The fraction of sp³-hybridized carbons (Fsp3) is 0.125. The third-order valence-corrected chi connectivity index (χ3v) is 3.77. The van der Waals surface area contributed by atoms with Crippen LogP contribution >= 0.6 is 0 Å². The number of carbonyl (C=O) groups is 1. The number of aromatic nitrogens is 1. The minimum atomic E-state index is -0.502. The SMILES string of the molecule is Cc1nc2c(c(C)c1O)/C(=C/c1ccccc1[N+](=O)[O-])C(=O)N2. The number of para-hydroxylation sites is 1. The zero-order valence-electron chi connectivity index (χ0n) is 12.5. The second-order valence-corrected chi connectivity index (χ2v) is 5.22. The first kappa shape index (κ1) is 14.7. The minimum absolute atomic E-state index is 0.00807. The maximum atomic E-state index is 12.2. The molecule has 0 radical (unpaired) electrons. The molecule has 0 bridgehead atoms. The van der Waals surface area contributed by atoms with E-state index in [9.17, 15) is 20.0 Å². The Kier molecular flexibility index (Phi) is 3.33. The molecule has 2 N–H and O–H groups in total. The van der Waals surface area contributed by atoms with Crippen molar-refractivity contribution in [3.8, 4) is 5.75 Å². The van der Waals surface area contributed by atoms with Crippen molar-refractivity contribution in [2.45, 2.75) is 13.8 Å². The van der Waals surface area contributed by atoms with Gasteiger partial charge in [-0.1, -0.05) is 12.1 Å². The van der Waals surface area contributed by atoms with Gasteiger partial charge in [-0.25, -0.2) is 4.98 Å². The van der Waals surface area contributed by atoms with E-state index < -0.39 is 10.8 Å². The van der Waals surface area contributed by atoms with Crippen molar-refractivity contribution in [3.05, 3.63) is 56.8 Å². The molecule has 23 heavy (non-hydrogen) atoms. The van der Waals surface area contributed by atoms with Gasteiger partial charge in [-0.2, -0.15) is 0 Å². The molecular formula is C16H13N3O4. The number of rotatable bonds is 2. The molecule has 7 heteroatoms. The first-order valence-corrected chi connectivity index (χ1v) is 6.87. The third kappa shape index (κ3) is 2.32. The molecule has 116 valence electrons. The summed E-state index contributed by atoms with van der Waals surface area (Å²) >= 11 is 0. The van der Waals surface area contributed by atoms with Crippen LogP contribution in [0.1, 0.15) is 22.4 Å². The van der Waals surface area contributed by atoms with Gasteiger partial charge >= 0.3 is 0 Å². The topological polar surface area (TPSA) is 105 Å². The summed E-state index contributed by atoms with van der Waals surface area (Å²) in [5.74, 6) is -0.0416. The number of nitrogens with zero attached hydrogens (tertiary/aromatic N) is 2. The van der Waals surface area contributed by atoms with Crippen LogP contribution in [0.3, 0.4) is 0 Å². The van der Waals surface area contributed by atoms with Crippen LogP contribution in [0.2, 0.25) is 0 Å². The molecule has 3 rings (SSSR count). The lowest BCUT2D eigenvalue weighted by Crippen LogP contribution is -2.04. The second-order valence-electron chi connectivity index (χ2n) is 5.22. The van der Waals surface area contributed by atoms with E-state index in [-0.39, 0.29) is 17.0 Å². The molecule has 1 amide bonds. The van der Waals surface area contributed by atoms with Crippen LogP contribution in [-0.4, -0.2) is 20.9 Å². The molecule has 1 aliphatic heterocycles. The van der Waals surface area contributed by atoms with Crippen LogP contribution in [0.15, 0.2) is 24.3 Å². The molecule has 2 heterocycles. The monoisotopic (exact) mass is 311 g/mol. The van der Waals surface area contributed by atoms with Gasteiger partial charge in [0.2, 0.25) is 0 Å². The lowest BCUT2D eigenvalue weighted by Gasteiger charge is -2.08. The number of carbonyl (C=O) groups excluding carboxylic acids is 1. The minimum Gasteiger partial charge on any atom is -0.506 e. The van der Waals surface area contributed by atoms with Crippen molar-refractivity contribution < 1.29 is 14.8 Å². The van der Waals surface area contributed by atoms with Crippen molar-refractivity contribution in [1.82, 2.24) is 4.98 Å². The van der Waals surface area contributed by atoms with Crippen LogP contribution in [-0.2, 0) is 4.79 Å².